The minimum absolute atomic E-state index is 0.0715. The smallest absolute Gasteiger partial charge is 0.150 e. The van der Waals surface area contributed by atoms with Gasteiger partial charge in [0.15, 0.2) is 0 Å². The number of aliphatic hydroxyl groups is 1. The molecule has 0 saturated carbocycles. The summed E-state index contributed by atoms with van der Waals surface area (Å²) in [6, 6.07) is 1.66. The normalized spacial score (nSPS) is 20.5. The first-order valence-electron chi connectivity index (χ1n) is 5.02. The van der Waals surface area contributed by atoms with Gasteiger partial charge in [-0.2, -0.15) is 0 Å². The van der Waals surface area contributed by atoms with Crippen LogP contribution in [0.3, 0.4) is 0 Å². The molecule has 1 N–H and O–H groups in total. The van der Waals surface area contributed by atoms with E-state index in [0.717, 1.165) is 19.4 Å². The molecule has 0 bridgehead atoms. The molecule has 1 saturated heterocycles. The Kier molecular flexibility index (Phi) is 3.80. The van der Waals surface area contributed by atoms with Crippen molar-refractivity contribution >= 4 is 40.6 Å². The van der Waals surface area contributed by atoms with Gasteiger partial charge in [-0.05, 0) is 18.9 Å². The van der Waals surface area contributed by atoms with Gasteiger partial charge in [0.2, 0.25) is 0 Å². The summed E-state index contributed by atoms with van der Waals surface area (Å²) in [5.74, 6) is 0.604. The molecular weight excluding hydrogens is 270 g/mol. The van der Waals surface area contributed by atoms with Gasteiger partial charge in [-0.3, -0.25) is 0 Å². The highest BCUT2D eigenvalue weighted by molar-refractivity contribution is 6.42. The fourth-order valence-electron chi connectivity index (χ4n) is 1.94. The predicted molar refractivity (Wildman–Crippen MR) is 66.7 cm³/mol. The predicted octanol–water partition coefficient (Wildman–Crippen LogP) is 3.00. The largest absolute Gasteiger partial charge is 0.394 e. The van der Waals surface area contributed by atoms with E-state index in [0.29, 0.717) is 15.9 Å². The van der Waals surface area contributed by atoms with Crippen LogP contribution in [0.15, 0.2) is 6.07 Å². The Balaban J connectivity index is 2.36. The lowest BCUT2D eigenvalue weighted by atomic mass is 10.2. The summed E-state index contributed by atoms with van der Waals surface area (Å²) in [7, 11) is 0. The second-order valence-electron chi connectivity index (χ2n) is 3.74. The molecule has 1 aromatic rings. The molecule has 1 unspecified atom stereocenters. The third-order valence-corrected chi connectivity index (χ3v) is 3.68. The number of hydrogen-bond acceptors (Lipinski definition) is 3. The highest BCUT2D eigenvalue weighted by atomic mass is 35.5. The fraction of sp³-hybridized carbons (Fsp3) is 0.500. The van der Waals surface area contributed by atoms with Crippen molar-refractivity contribution in [3.05, 3.63) is 21.3 Å². The Morgan fingerprint density at radius 2 is 2.12 bits per heavy atom. The second kappa shape index (κ2) is 4.96. The molecule has 1 aliphatic rings. The summed E-state index contributed by atoms with van der Waals surface area (Å²) < 4.78 is 0. The number of halogens is 3. The molecule has 1 fully saturated rings. The van der Waals surface area contributed by atoms with Crippen LogP contribution in [0.25, 0.3) is 0 Å². The lowest BCUT2D eigenvalue weighted by Gasteiger charge is -2.25. The maximum Gasteiger partial charge on any atom is 0.150 e. The Morgan fingerprint density at radius 1 is 1.38 bits per heavy atom. The topological polar surface area (TPSA) is 36.4 Å². The summed E-state index contributed by atoms with van der Waals surface area (Å²) in [6.45, 7) is 0.925. The van der Waals surface area contributed by atoms with Crippen molar-refractivity contribution in [1.29, 1.82) is 0 Å². The number of anilines is 1. The first kappa shape index (κ1) is 12.2. The standard InChI is InChI=1S/C10H11Cl3N2O/c11-7-4-8(12)10(14-9(7)13)15-3-1-2-6(15)5-16/h4,6,16H,1-3,5H2. The van der Waals surface area contributed by atoms with Crippen molar-refractivity contribution < 1.29 is 5.11 Å². The fourth-order valence-corrected chi connectivity index (χ4v) is 2.54. The van der Waals surface area contributed by atoms with E-state index in [1.54, 1.807) is 6.07 Å². The molecule has 1 aromatic heterocycles. The van der Waals surface area contributed by atoms with Crippen LogP contribution in [0.2, 0.25) is 15.2 Å². The number of hydrogen-bond donors (Lipinski definition) is 1. The lowest BCUT2D eigenvalue weighted by molar-refractivity contribution is 0.266. The van der Waals surface area contributed by atoms with E-state index in [2.05, 4.69) is 4.98 Å². The van der Waals surface area contributed by atoms with E-state index in [1.807, 2.05) is 4.90 Å². The molecule has 88 valence electrons. The summed E-state index contributed by atoms with van der Waals surface area (Å²) in [6.07, 6.45) is 1.96. The molecule has 0 amide bonds. The van der Waals surface area contributed by atoms with Gasteiger partial charge < -0.3 is 10.0 Å². The van der Waals surface area contributed by atoms with Crippen LogP contribution in [0.4, 0.5) is 5.82 Å². The van der Waals surface area contributed by atoms with Crippen molar-refractivity contribution in [3.63, 3.8) is 0 Å². The lowest BCUT2D eigenvalue weighted by Crippen LogP contribution is -2.33. The van der Waals surface area contributed by atoms with Crippen LogP contribution in [0, 0.1) is 0 Å². The molecule has 3 nitrogen and oxygen atoms in total. The van der Waals surface area contributed by atoms with E-state index in [9.17, 15) is 5.11 Å². The van der Waals surface area contributed by atoms with Gasteiger partial charge in [-0.25, -0.2) is 4.98 Å². The number of aliphatic hydroxyl groups excluding tert-OH is 1. The zero-order chi connectivity index (χ0) is 11.7. The molecule has 1 aliphatic heterocycles. The third-order valence-electron chi connectivity index (χ3n) is 2.73. The Hall–Kier alpha value is -0.220. The molecule has 0 spiro atoms. The van der Waals surface area contributed by atoms with Crippen LogP contribution in [0.5, 0.6) is 0 Å². The van der Waals surface area contributed by atoms with Gasteiger partial charge in [0.05, 0.1) is 22.7 Å². The average molecular weight is 282 g/mol. The third kappa shape index (κ3) is 2.23. The highest BCUT2D eigenvalue weighted by Gasteiger charge is 2.27. The molecule has 1 atom stereocenters. The Bertz CT molecular complexity index is 400. The minimum Gasteiger partial charge on any atom is -0.394 e. The van der Waals surface area contributed by atoms with Crippen molar-refractivity contribution in [2.24, 2.45) is 0 Å². The van der Waals surface area contributed by atoms with E-state index < -0.39 is 0 Å². The number of nitrogens with zero attached hydrogens (tertiary/aromatic N) is 2. The molecule has 2 rings (SSSR count). The van der Waals surface area contributed by atoms with Crippen LogP contribution >= 0.6 is 34.8 Å². The van der Waals surface area contributed by atoms with Crippen LogP contribution in [-0.4, -0.2) is 29.3 Å². The SMILES string of the molecule is OCC1CCCN1c1nc(Cl)c(Cl)cc1Cl. The van der Waals surface area contributed by atoms with Crippen LogP contribution in [-0.2, 0) is 0 Å². The molecule has 0 radical (unpaired) electrons. The number of rotatable bonds is 2. The highest BCUT2D eigenvalue weighted by Crippen LogP contribution is 2.34. The van der Waals surface area contributed by atoms with E-state index >= 15 is 0 Å². The zero-order valence-corrected chi connectivity index (χ0v) is 10.7. The number of pyridine rings is 1. The monoisotopic (exact) mass is 280 g/mol. The zero-order valence-electron chi connectivity index (χ0n) is 8.46. The molecular formula is C10H11Cl3N2O. The van der Waals surface area contributed by atoms with Gasteiger partial charge in [0.1, 0.15) is 11.0 Å². The number of aromatic nitrogens is 1. The van der Waals surface area contributed by atoms with Crippen molar-refractivity contribution in [1.82, 2.24) is 4.98 Å². The van der Waals surface area contributed by atoms with Gasteiger partial charge >= 0.3 is 0 Å². The maximum absolute atomic E-state index is 9.24. The quantitative estimate of drug-likeness (QED) is 0.847. The molecule has 0 aromatic carbocycles. The van der Waals surface area contributed by atoms with E-state index in [-0.39, 0.29) is 17.8 Å². The summed E-state index contributed by atoms with van der Waals surface area (Å²) in [4.78, 5) is 6.15. The Morgan fingerprint density at radius 3 is 2.81 bits per heavy atom. The van der Waals surface area contributed by atoms with Crippen LogP contribution < -0.4 is 4.90 Å². The average Bonchev–Trinajstić information content (AvgIpc) is 2.71. The molecule has 2 heterocycles. The Labute approximate surface area is 109 Å². The van der Waals surface area contributed by atoms with Gasteiger partial charge in [0, 0.05) is 6.54 Å². The first-order valence-corrected chi connectivity index (χ1v) is 6.16. The van der Waals surface area contributed by atoms with Crippen molar-refractivity contribution in [2.45, 2.75) is 18.9 Å². The van der Waals surface area contributed by atoms with Crippen molar-refractivity contribution in [2.75, 3.05) is 18.1 Å². The molecule has 0 aliphatic carbocycles. The molecule has 6 heteroatoms. The van der Waals surface area contributed by atoms with Crippen LogP contribution in [0.1, 0.15) is 12.8 Å². The molecule has 16 heavy (non-hydrogen) atoms. The van der Waals surface area contributed by atoms with E-state index in [1.165, 1.54) is 0 Å². The van der Waals surface area contributed by atoms with Crippen molar-refractivity contribution in [3.8, 4) is 0 Å². The maximum atomic E-state index is 9.24. The second-order valence-corrected chi connectivity index (χ2v) is 4.91. The minimum atomic E-state index is 0.0715. The van der Waals surface area contributed by atoms with Gasteiger partial charge in [-0.1, -0.05) is 34.8 Å². The van der Waals surface area contributed by atoms with E-state index in [4.69, 9.17) is 34.8 Å². The summed E-state index contributed by atoms with van der Waals surface area (Å²) >= 11 is 17.8. The van der Waals surface area contributed by atoms with Gasteiger partial charge in [-0.15, -0.1) is 0 Å². The summed E-state index contributed by atoms with van der Waals surface area (Å²) in [5.41, 5.74) is 0. The first-order chi connectivity index (χ1) is 7.63. The summed E-state index contributed by atoms with van der Waals surface area (Å²) in [5, 5.41) is 10.3. The van der Waals surface area contributed by atoms with Gasteiger partial charge in [0.25, 0.3) is 0 Å².